The van der Waals surface area contributed by atoms with Gasteiger partial charge in [0.2, 0.25) is 5.96 Å². The zero-order valence-corrected chi connectivity index (χ0v) is 15.6. The fraction of sp³-hybridized carbons (Fsp3) is 0.176. The van der Waals surface area contributed by atoms with Gasteiger partial charge < -0.3 is 25.1 Å². The molecule has 0 bridgehead atoms. The molecule has 0 aromatic heterocycles. The van der Waals surface area contributed by atoms with Gasteiger partial charge in [0.05, 0.1) is 13.3 Å². The maximum atomic E-state index is 12.6. The van der Waals surface area contributed by atoms with Gasteiger partial charge in [-0.15, -0.1) is 5.10 Å². The first-order chi connectivity index (χ1) is 12.8. The van der Waals surface area contributed by atoms with Crippen molar-refractivity contribution in [2.75, 3.05) is 13.7 Å². The average molecular weight is 392 g/mol. The van der Waals surface area contributed by atoms with Crippen molar-refractivity contribution in [3.63, 3.8) is 0 Å². The standard InChI is InChI=1S/C17H20N4O5S/c1-12-9-13(25-8-7-20-21-17(18)19)11-14(10-12)26-27(22,23)16-6-4-3-5-15(16)24-2/h3-7,9-11H,8H2,1-2H3,(H4,18,19,21)/b20-7+. The minimum Gasteiger partial charge on any atom is -0.495 e. The monoisotopic (exact) mass is 392 g/mol. The van der Waals surface area contributed by atoms with Crippen LogP contribution >= 0.6 is 0 Å². The summed E-state index contributed by atoms with van der Waals surface area (Å²) in [6, 6.07) is 10.9. The van der Waals surface area contributed by atoms with Crippen LogP contribution in [0.25, 0.3) is 0 Å². The number of nitrogens with two attached hydrogens (primary N) is 2. The minimum absolute atomic E-state index is 0.0687. The number of hydrogen-bond donors (Lipinski definition) is 2. The Balaban J connectivity index is 2.18. The molecular formula is C17H20N4O5S. The molecule has 2 aromatic carbocycles. The van der Waals surface area contributed by atoms with Gasteiger partial charge in [0.1, 0.15) is 28.8 Å². The molecule has 0 spiro atoms. The van der Waals surface area contributed by atoms with E-state index >= 15 is 0 Å². The third kappa shape index (κ3) is 5.89. The van der Waals surface area contributed by atoms with Crippen molar-refractivity contribution >= 4 is 22.3 Å². The summed E-state index contributed by atoms with van der Waals surface area (Å²) in [5, 5.41) is 7.03. The van der Waals surface area contributed by atoms with Gasteiger partial charge in [-0.3, -0.25) is 0 Å². The molecule has 27 heavy (non-hydrogen) atoms. The lowest BCUT2D eigenvalue weighted by molar-refractivity contribution is 0.377. The normalized spacial score (nSPS) is 11.2. The molecule has 0 fully saturated rings. The summed E-state index contributed by atoms with van der Waals surface area (Å²) in [4.78, 5) is -0.0687. The highest BCUT2D eigenvalue weighted by Gasteiger charge is 2.21. The molecule has 10 heteroatoms. The molecule has 0 radical (unpaired) electrons. The first-order valence-corrected chi connectivity index (χ1v) is 9.15. The fourth-order valence-electron chi connectivity index (χ4n) is 2.12. The first-order valence-electron chi connectivity index (χ1n) is 7.74. The lowest BCUT2D eigenvalue weighted by atomic mass is 10.2. The van der Waals surface area contributed by atoms with Crippen molar-refractivity contribution in [3.8, 4) is 17.2 Å². The number of para-hydroxylation sites is 1. The van der Waals surface area contributed by atoms with Crippen molar-refractivity contribution in [1.82, 2.24) is 0 Å². The van der Waals surface area contributed by atoms with Gasteiger partial charge in [0.25, 0.3) is 0 Å². The van der Waals surface area contributed by atoms with Gasteiger partial charge in [-0.25, -0.2) is 0 Å². The van der Waals surface area contributed by atoms with Crippen LogP contribution in [-0.2, 0) is 10.1 Å². The van der Waals surface area contributed by atoms with E-state index in [1.165, 1.54) is 31.5 Å². The van der Waals surface area contributed by atoms with Gasteiger partial charge in [0, 0.05) is 6.07 Å². The second-order valence-electron chi connectivity index (χ2n) is 5.30. The van der Waals surface area contributed by atoms with Crippen LogP contribution in [0.1, 0.15) is 5.56 Å². The van der Waals surface area contributed by atoms with Crippen molar-refractivity contribution in [1.29, 1.82) is 0 Å². The maximum Gasteiger partial charge on any atom is 0.342 e. The summed E-state index contributed by atoms with van der Waals surface area (Å²) in [6.45, 7) is 1.86. The second kappa shape index (κ2) is 8.90. The van der Waals surface area contributed by atoms with E-state index in [1.807, 2.05) is 0 Å². The molecule has 0 aliphatic heterocycles. The summed E-state index contributed by atoms with van der Waals surface area (Å²) >= 11 is 0. The zero-order chi connectivity index (χ0) is 19.9. The van der Waals surface area contributed by atoms with Gasteiger partial charge >= 0.3 is 10.1 Å². The molecule has 0 amide bonds. The first kappa shape index (κ1) is 20.0. The second-order valence-corrected chi connectivity index (χ2v) is 6.82. The number of hydrogen-bond acceptors (Lipinski definition) is 7. The summed E-state index contributed by atoms with van der Waals surface area (Å²) in [6.07, 6.45) is 1.36. The number of aryl methyl sites for hydroxylation is 1. The molecule has 0 aliphatic carbocycles. The van der Waals surface area contributed by atoms with E-state index in [-0.39, 0.29) is 29.0 Å². The molecule has 0 aliphatic rings. The van der Waals surface area contributed by atoms with Gasteiger partial charge in [-0.2, -0.15) is 13.5 Å². The number of ether oxygens (including phenoxy) is 2. The Morgan fingerprint density at radius 1 is 1.15 bits per heavy atom. The molecule has 0 atom stereocenters. The SMILES string of the molecule is COc1ccccc1S(=O)(=O)Oc1cc(C)cc(OC/C=N/N=C(N)N)c1. The van der Waals surface area contributed by atoms with Crippen LogP contribution in [0.4, 0.5) is 0 Å². The van der Waals surface area contributed by atoms with E-state index in [9.17, 15) is 8.42 Å². The lowest BCUT2D eigenvalue weighted by Crippen LogP contribution is -2.21. The molecule has 2 aromatic rings. The van der Waals surface area contributed by atoms with Crippen molar-refractivity contribution in [2.24, 2.45) is 21.7 Å². The minimum atomic E-state index is -4.08. The van der Waals surface area contributed by atoms with Crippen LogP contribution in [0.15, 0.2) is 57.6 Å². The summed E-state index contributed by atoms with van der Waals surface area (Å²) in [5.41, 5.74) is 11.0. The predicted octanol–water partition coefficient (Wildman–Crippen LogP) is 1.41. The largest absolute Gasteiger partial charge is 0.495 e. The van der Waals surface area contributed by atoms with Gasteiger partial charge in [-0.1, -0.05) is 12.1 Å². The molecule has 4 N–H and O–H groups in total. The number of nitrogens with zero attached hydrogens (tertiary/aromatic N) is 2. The van der Waals surface area contributed by atoms with Crippen molar-refractivity contribution in [3.05, 3.63) is 48.0 Å². The third-order valence-electron chi connectivity index (χ3n) is 3.15. The molecule has 0 saturated heterocycles. The zero-order valence-electron chi connectivity index (χ0n) is 14.8. The van der Waals surface area contributed by atoms with E-state index in [1.54, 1.807) is 31.2 Å². The summed E-state index contributed by atoms with van der Waals surface area (Å²) in [5.74, 6) is 0.532. The molecule has 9 nitrogen and oxygen atoms in total. The van der Waals surface area contributed by atoms with E-state index < -0.39 is 10.1 Å². The molecule has 0 heterocycles. The Morgan fingerprint density at radius 2 is 1.85 bits per heavy atom. The fourth-order valence-corrected chi connectivity index (χ4v) is 3.20. The van der Waals surface area contributed by atoms with Gasteiger partial charge in [0.15, 0.2) is 0 Å². The van der Waals surface area contributed by atoms with Crippen molar-refractivity contribution < 1.29 is 22.1 Å². The smallest absolute Gasteiger partial charge is 0.342 e. The van der Waals surface area contributed by atoms with E-state index in [0.717, 1.165) is 5.56 Å². The van der Waals surface area contributed by atoms with Crippen LogP contribution in [0.5, 0.6) is 17.2 Å². The molecule has 144 valence electrons. The maximum absolute atomic E-state index is 12.6. The van der Waals surface area contributed by atoms with E-state index in [0.29, 0.717) is 5.75 Å². The van der Waals surface area contributed by atoms with Crippen LogP contribution < -0.4 is 25.1 Å². The quantitative estimate of drug-likeness (QED) is 0.300. The number of rotatable bonds is 8. The Morgan fingerprint density at radius 3 is 2.56 bits per heavy atom. The van der Waals surface area contributed by atoms with Crippen LogP contribution in [0.2, 0.25) is 0 Å². The molecule has 0 saturated carbocycles. The third-order valence-corrected chi connectivity index (χ3v) is 4.44. The Bertz CT molecular complexity index is 954. The van der Waals surface area contributed by atoms with E-state index in [4.69, 9.17) is 25.1 Å². The van der Waals surface area contributed by atoms with Crippen LogP contribution in [-0.4, -0.2) is 34.3 Å². The Hall–Kier alpha value is -3.27. The number of methoxy groups -OCH3 is 1. The highest BCUT2D eigenvalue weighted by molar-refractivity contribution is 7.87. The Labute approximate surface area is 157 Å². The summed E-state index contributed by atoms with van der Waals surface area (Å²) < 4.78 is 40.9. The average Bonchev–Trinajstić information content (AvgIpc) is 2.60. The molecule has 2 rings (SSSR count). The van der Waals surface area contributed by atoms with Crippen molar-refractivity contribution in [2.45, 2.75) is 11.8 Å². The highest BCUT2D eigenvalue weighted by atomic mass is 32.2. The number of benzene rings is 2. The lowest BCUT2D eigenvalue weighted by Gasteiger charge is -2.12. The van der Waals surface area contributed by atoms with Gasteiger partial charge in [-0.05, 0) is 36.8 Å². The van der Waals surface area contributed by atoms with Crippen LogP contribution in [0, 0.1) is 6.92 Å². The van der Waals surface area contributed by atoms with Crippen LogP contribution in [0.3, 0.4) is 0 Å². The predicted molar refractivity (Wildman–Crippen MR) is 102 cm³/mol. The Kier molecular flexibility index (Phi) is 6.61. The molecule has 0 unspecified atom stereocenters. The topological polar surface area (TPSA) is 139 Å². The summed E-state index contributed by atoms with van der Waals surface area (Å²) in [7, 11) is -2.69. The van der Waals surface area contributed by atoms with E-state index in [2.05, 4.69) is 10.2 Å². The molecular weight excluding hydrogens is 372 g/mol. The number of guanidine groups is 1. The highest BCUT2D eigenvalue weighted by Crippen LogP contribution is 2.29.